The van der Waals surface area contributed by atoms with Crippen LogP contribution in [0.25, 0.3) is 0 Å². The lowest BCUT2D eigenvalue weighted by atomic mass is 10.1. The minimum Gasteiger partial charge on any atom is -0.486 e. The molecule has 0 radical (unpaired) electrons. The lowest BCUT2D eigenvalue weighted by molar-refractivity contribution is 0.0664. The Morgan fingerprint density at radius 2 is 2.07 bits per heavy atom. The molecule has 1 atom stereocenters. The Morgan fingerprint density at radius 1 is 1.28 bits per heavy atom. The van der Waals surface area contributed by atoms with Crippen LogP contribution in [0.3, 0.4) is 0 Å². The van der Waals surface area contributed by atoms with Crippen LogP contribution >= 0.6 is 22.9 Å². The normalized spacial score (nSPS) is 11.9. The summed E-state index contributed by atoms with van der Waals surface area (Å²) in [6.07, 6.45) is 0.759. The Morgan fingerprint density at radius 3 is 2.79 bits per heavy atom. The predicted octanol–water partition coefficient (Wildman–Crippen LogP) is 5.96. The monoisotopic (exact) mass is 432 g/mol. The first-order chi connectivity index (χ1) is 14.0. The van der Waals surface area contributed by atoms with Crippen molar-refractivity contribution in [1.82, 2.24) is 9.88 Å². The second-order valence-corrected chi connectivity index (χ2v) is 8.03. The highest BCUT2D eigenvalue weighted by Crippen LogP contribution is 2.21. The number of amides is 1. The molecule has 2 aromatic carbocycles. The number of hydrogen-bond acceptors (Lipinski definition) is 4. The highest BCUT2D eigenvalue weighted by atomic mass is 35.5. The van der Waals surface area contributed by atoms with Gasteiger partial charge in [-0.25, -0.2) is 9.37 Å². The Kier molecular flexibility index (Phi) is 7.23. The number of thiazole rings is 1. The first-order valence-corrected chi connectivity index (χ1v) is 10.6. The molecule has 0 saturated carbocycles. The molecule has 7 heteroatoms. The van der Waals surface area contributed by atoms with Gasteiger partial charge in [-0.15, -0.1) is 11.3 Å². The Bertz CT molecular complexity index is 979. The molecular weight excluding hydrogens is 411 g/mol. The summed E-state index contributed by atoms with van der Waals surface area (Å²) in [5, 5.41) is 3.31. The minimum atomic E-state index is -0.514. The number of benzene rings is 2. The summed E-state index contributed by atoms with van der Waals surface area (Å²) >= 11 is 7.43. The van der Waals surface area contributed by atoms with Gasteiger partial charge in [0.2, 0.25) is 0 Å². The molecule has 152 valence electrons. The third-order valence-corrected chi connectivity index (χ3v) is 5.68. The number of ether oxygens (including phenoxy) is 1. The lowest BCUT2D eigenvalue weighted by Crippen LogP contribution is -2.38. The van der Waals surface area contributed by atoms with E-state index in [0.717, 1.165) is 17.1 Å². The Balaban J connectivity index is 1.70. The molecule has 0 aliphatic rings. The second-order valence-electron chi connectivity index (χ2n) is 6.65. The fourth-order valence-electron chi connectivity index (χ4n) is 2.80. The molecule has 0 aliphatic heterocycles. The van der Waals surface area contributed by atoms with Crippen molar-refractivity contribution < 1.29 is 13.9 Å². The van der Waals surface area contributed by atoms with Gasteiger partial charge in [0, 0.05) is 16.4 Å². The van der Waals surface area contributed by atoms with Crippen molar-refractivity contribution in [2.75, 3.05) is 0 Å². The molecule has 0 aliphatic carbocycles. The summed E-state index contributed by atoms with van der Waals surface area (Å²) in [5.74, 6) is -0.174. The zero-order chi connectivity index (χ0) is 20.8. The van der Waals surface area contributed by atoms with Crippen LogP contribution in [0.15, 0.2) is 53.9 Å². The van der Waals surface area contributed by atoms with E-state index in [1.807, 2.05) is 31.4 Å². The smallest absolute Gasteiger partial charge is 0.257 e. The molecule has 0 unspecified atom stereocenters. The van der Waals surface area contributed by atoms with Gasteiger partial charge in [0.25, 0.3) is 5.91 Å². The summed E-state index contributed by atoms with van der Waals surface area (Å²) in [7, 11) is 0. The minimum absolute atomic E-state index is 0.0463. The summed E-state index contributed by atoms with van der Waals surface area (Å²) in [6.45, 7) is 4.58. The van der Waals surface area contributed by atoms with Crippen LogP contribution in [0.4, 0.5) is 4.39 Å². The van der Waals surface area contributed by atoms with Gasteiger partial charge in [-0.2, -0.15) is 0 Å². The van der Waals surface area contributed by atoms with Crippen LogP contribution in [0, 0.1) is 5.82 Å². The molecule has 1 aromatic heterocycles. The first kappa shape index (κ1) is 21.3. The average molecular weight is 433 g/mol. The topological polar surface area (TPSA) is 42.4 Å². The highest BCUT2D eigenvalue weighted by molar-refractivity contribution is 7.09. The van der Waals surface area contributed by atoms with Gasteiger partial charge in [0.15, 0.2) is 0 Å². The number of aromatic nitrogens is 1. The summed E-state index contributed by atoms with van der Waals surface area (Å²) in [4.78, 5) is 19.2. The number of hydrogen-bond donors (Lipinski definition) is 0. The van der Waals surface area contributed by atoms with Crippen molar-refractivity contribution in [3.05, 3.63) is 81.0 Å². The molecule has 29 heavy (non-hydrogen) atoms. The van der Waals surface area contributed by atoms with E-state index in [4.69, 9.17) is 16.3 Å². The van der Waals surface area contributed by atoms with Crippen LogP contribution in [0.2, 0.25) is 5.02 Å². The van der Waals surface area contributed by atoms with Gasteiger partial charge in [-0.1, -0.05) is 36.7 Å². The van der Waals surface area contributed by atoms with Gasteiger partial charge >= 0.3 is 0 Å². The standard InChI is InChI=1S/C22H22ClFN2O2S/c1-3-15(2)26(22(27)19-9-4-5-10-20(19)24)12-17-14-29-21(25-17)13-28-18-8-6-7-16(23)11-18/h4-11,14-15H,3,12-13H2,1-2H3/t15-/m0/s1. The fraction of sp³-hybridized carbons (Fsp3) is 0.273. The molecule has 4 nitrogen and oxygen atoms in total. The van der Waals surface area contributed by atoms with Gasteiger partial charge in [0.05, 0.1) is 17.8 Å². The Hall–Kier alpha value is -2.44. The summed E-state index contributed by atoms with van der Waals surface area (Å²) < 4.78 is 19.8. The molecule has 0 saturated heterocycles. The molecule has 3 aromatic rings. The number of nitrogens with zero attached hydrogens (tertiary/aromatic N) is 2. The van der Waals surface area contributed by atoms with E-state index in [2.05, 4.69) is 4.98 Å². The molecule has 0 N–H and O–H groups in total. The number of carbonyl (C=O) groups excluding carboxylic acids is 1. The van der Waals surface area contributed by atoms with Crippen molar-refractivity contribution >= 4 is 28.8 Å². The quantitative estimate of drug-likeness (QED) is 0.441. The zero-order valence-electron chi connectivity index (χ0n) is 16.3. The number of halogens is 2. The van der Waals surface area contributed by atoms with E-state index < -0.39 is 5.82 Å². The molecule has 0 fully saturated rings. The van der Waals surface area contributed by atoms with Crippen molar-refractivity contribution in [1.29, 1.82) is 0 Å². The predicted molar refractivity (Wildman–Crippen MR) is 114 cm³/mol. The van der Waals surface area contributed by atoms with Crippen LogP contribution in [0.5, 0.6) is 5.75 Å². The van der Waals surface area contributed by atoms with E-state index in [-0.39, 0.29) is 17.5 Å². The van der Waals surface area contributed by atoms with Gasteiger partial charge in [0.1, 0.15) is 23.2 Å². The average Bonchev–Trinajstić information content (AvgIpc) is 3.17. The van der Waals surface area contributed by atoms with Crippen molar-refractivity contribution in [3.63, 3.8) is 0 Å². The maximum absolute atomic E-state index is 14.1. The maximum atomic E-state index is 14.1. The van der Waals surface area contributed by atoms with Gasteiger partial charge in [-0.05, 0) is 43.7 Å². The fourth-order valence-corrected chi connectivity index (χ4v) is 3.68. The Labute approximate surface area is 178 Å². The number of carbonyl (C=O) groups is 1. The molecule has 1 heterocycles. The molecule has 0 bridgehead atoms. The third kappa shape index (κ3) is 5.55. The van der Waals surface area contributed by atoms with Crippen molar-refractivity contribution in [2.24, 2.45) is 0 Å². The zero-order valence-corrected chi connectivity index (χ0v) is 17.8. The van der Waals surface area contributed by atoms with Crippen LogP contribution in [-0.2, 0) is 13.2 Å². The van der Waals surface area contributed by atoms with Crippen LogP contribution in [0.1, 0.15) is 41.3 Å². The SMILES string of the molecule is CC[C@H](C)N(Cc1csc(COc2cccc(Cl)c2)n1)C(=O)c1ccccc1F. The lowest BCUT2D eigenvalue weighted by Gasteiger charge is -2.28. The van der Waals surface area contributed by atoms with Crippen molar-refractivity contribution in [3.8, 4) is 5.75 Å². The van der Waals surface area contributed by atoms with Crippen molar-refractivity contribution in [2.45, 2.75) is 39.5 Å². The second kappa shape index (κ2) is 9.85. The first-order valence-electron chi connectivity index (χ1n) is 9.35. The molecular formula is C22H22ClFN2O2S. The van der Waals surface area contributed by atoms with E-state index in [9.17, 15) is 9.18 Å². The van der Waals surface area contributed by atoms with E-state index in [1.54, 1.807) is 29.2 Å². The largest absolute Gasteiger partial charge is 0.486 e. The molecule has 1 amide bonds. The van der Waals surface area contributed by atoms with E-state index >= 15 is 0 Å². The third-order valence-electron chi connectivity index (χ3n) is 4.58. The van der Waals surface area contributed by atoms with Crippen LogP contribution in [-0.4, -0.2) is 21.8 Å². The maximum Gasteiger partial charge on any atom is 0.257 e. The number of rotatable bonds is 8. The molecule has 3 rings (SSSR count). The van der Waals surface area contributed by atoms with E-state index in [0.29, 0.717) is 23.9 Å². The summed E-state index contributed by atoms with van der Waals surface area (Å²) in [6, 6.07) is 13.2. The van der Waals surface area contributed by atoms with Crippen LogP contribution < -0.4 is 4.74 Å². The highest BCUT2D eigenvalue weighted by Gasteiger charge is 2.24. The molecule has 0 spiro atoms. The van der Waals surface area contributed by atoms with E-state index in [1.165, 1.54) is 23.5 Å². The van der Waals surface area contributed by atoms with Gasteiger partial charge in [-0.3, -0.25) is 4.79 Å². The van der Waals surface area contributed by atoms with Gasteiger partial charge < -0.3 is 9.64 Å². The summed E-state index contributed by atoms with van der Waals surface area (Å²) in [5.41, 5.74) is 0.831.